The second kappa shape index (κ2) is 15.5. The summed E-state index contributed by atoms with van der Waals surface area (Å²) >= 11 is 0. The summed E-state index contributed by atoms with van der Waals surface area (Å²) in [6.45, 7) is 12.3. The molecule has 0 saturated carbocycles. The molecule has 0 aliphatic heterocycles. The van der Waals surface area contributed by atoms with Gasteiger partial charge < -0.3 is 43.8 Å². The van der Waals surface area contributed by atoms with Crippen LogP contribution in [-0.2, 0) is 14.3 Å². The normalized spacial score (nSPS) is 14.8. The number of alkyl carbamates (subject to hydrolysis) is 1. The van der Waals surface area contributed by atoms with Gasteiger partial charge in [0.25, 0.3) is 5.91 Å². The van der Waals surface area contributed by atoms with Crippen LogP contribution in [0.4, 0.5) is 4.79 Å². The molecule has 0 aromatic carbocycles. The number of carbonyl (C=O) groups excluding carboxylic acids is 4. The van der Waals surface area contributed by atoms with Crippen molar-refractivity contribution in [3.63, 3.8) is 0 Å². The first kappa shape index (κ1) is 35.7. The molecular weight excluding hydrogens is 604 g/mol. The summed E-state index contributed by atoms with van der Waals surface area (Å²) in [6.07, 6.45) is 4.01. The minimum Gasteiger partial charge on any atom is -0.464 e. The zero-order chi connectivity index (χ0) is 34.2. The molecule has 16 nitrogen and oxygen atoms in total. The molecule has 0 aliphatic carbocycles. The number of esters is 1. The fourth-order valence-electron chi connectivity index (χ4n) is 4.15. The molecule has 3 heterocycles. The Bertz CT molecular complexity index is 1490. The highest BCUT2D eigenvalue weighted by atomic mass is 16.6. The fourth-order valence-corrected chi connectivity index (χ4v) is 4.15. The first-order valence-corrected chi connectivity index (χ1v) is 14.9. The Hall–Kier alpha value is -4.73. The molecule has 16 heteroatoms. The van der Waals surface area contributed by atoms with E-state index in [4.69, 9.17) is 18.0 Å². The van der Waals surface area contributed by atoms with Crippen LogP contribution in [-0.4, -0.2) is 69.3 Å². The third-order valence-electron chi connectivity index (χ3n) is 7.12. The van der Waals surface area contributed by atoms with Gasteiger partial charge in [0.1, 0.15) is 42.5 Å². The topological polar surface area (TPSA) is 221 Å². The number of amides is 3. The van der Waals surface area contributed by atoms with Crippen LogP contribution >= 0.6 is 0 Å². The maximum absolute atomic E-state index is 13.5. The van der Waals surface area contributed by atoms with Gasteiger partial charge in [-0.15, -0.1) is 0 Å². The number of carbonyl (C=O) groups is 4. The van der Waals surface area contributed by atoms with Gasteiger partial charge in [-0.05, 0) is 32.6 Å². The number of ether oxygens (including phenoxy) is 2. The molecule has 3 amide bonds. The fraction of sp³-hybridized carbons (Fsp3) is 0.567. The number of aliphatic hydroxyl groups excluding tert-OH is 1. The van der Waals surface area contributed by atoms with Crippen molar-refractivity contribution in [1.29, 1.82) is 0 Å². The van der Waals surface area contributed by atoms with Crippen LogP contribution in [0.5, 0.6) is 0 Å². The Labute approximate surface area is 266 Å². The lowest BCUT2D eigenvalue weighted by Crippen LogP contribution is -2.52. The lowest BCUT2D eigenvalue weighted by atomic mass is 9.95. The minimum atomic E-state index is -1.09. The van der Waals surface area contributed by atoms with E-state index < -0.39 is 54.2 Å². The molecule has 0 aliphatic rings. The summed E-state index contributed by atoms with van der Waals surface area (Å²) < 4.78 is 26.3. The third-order valence-corrected chi connectivity index (χ3v) is 7.12. The number of oxazole rings is 3. The summed E-state index contributed by atoms with van der Waals surface area (Å²) in [7, 11) is 1.18. The van der Waals surface area contributed by atoms with Crippen LogP contribution in [0.2, 0.25) is 0 Å². The Morgan fingerprint density at radius 2 is 1.52 bits per heavy atom. The van der Waals surface area contributed by atoms with Crippen molar-refractivity contribution in [3.8, 4) is 11.6 Å². The number of hydrogen-bond donors (Lipinski definition) is 4. The van der Waals surface area contributed by atoms with Gasteiger partial charge in [0, 0.05) is 0 Å². The zero-order valence-corrected chi connectivity index (χ0v) is 27.2. The molecule has 5 atom stereocenters. The number of methoxy groups -OCH3 is 1. The van der Waals surface area contributed by atoms with Crippen LogP contribution in [0.3, 0.4) is 0 Å². The first-order valence-electron chi connectivity index (χ1n) is 14.9. The summed E-state index contributed by atoms with van der Waals surface area (Å²) in [5.41, 5.74) is -0.843. The van der Waals surface area contributed by atoms with Crippen LogP contribution < -0.4 is 16.0 Å². The van der Waals surface area contributed by atoms with Crippen molar-refractivity contribution in [1.82, 2.24) is 30.9 Å². The molecule has 0 saturated heterocycles. The van der Waals surface area contributed by atoms with E-state index in [2.05, 4.69) is 35.6 Å². The quantitative estimate of drug-likeness (QED) is 0.184. The van der Waals surface area contributed by atoms with Crippen LogP contribution in [0, 0.1) is 11.8 Å². The van der Waals surface area contributed by atoms with Crippen LogP contribution in [0.1, 0.15) is 106 Å². The molecule has 252 valence electrons. The summed E-state index contributed by atoms with van der Waals surface area (Å²) in [5.74, 6) is -2.20. The maximum atomic E-state index is 13.5. The van der Waals surface area contributed by atoms with Crippen molar-refractivity contribution in [2.24, 2.45) is 11.8 Å². The van der Waals surface area contributed by atoms with Gasteiger partial charge in [-0.25, -0.2) is 24.5 Å². The van der Waals surface area contributed by atoms with Gasteiger partial charge in [0.15, 0.2) is 17.1 Å². The van der Waals surface area contributed by atoms with Crippen LogP contribution in [0.15, 0.2) is 32.0 Å². The summed E-state index contributed by atoms with van der Waals surface area (Å²) in [4.78, 5) is 63.1. The van der Waals surface area contributed by atoms with E-state index in [1.54, 1.807) is 20.8 Å². The molecular formula is C30H42N6O10. The van der Waals surface area contributed by atoms with Crippen molar-refractivity contribution in [2.45, 2.75) is 85.0 Å². The number of aromatic nitrogens is 3. The summed E-state index contributed by atoms with van der Waals surface area (Å²) in [6, 6.07) is -2.63. The highest BCUT2D eigenvalue weighted by Gasteiger charge is 2.33. The van der Waals surface area contributed by atoms with E-state index in [-0.39, 0.29) is 46.6 Å². The van der Waals surface area contributed by atoms with E-state index in [0.29, 0.717) is 12.8 Å². The zero-order valence-electron chi connectivity index (χ0n) is 27.2. The Morgan fingerprint density at radius 1 is 0.870 bits per heavy atom. The van der Waals surface area contributed by atoms with E-state index in [1.807, 2.05) is 27.7 Å². The van der Waals surface area contributed by atoms with Gasteiger partial charge >= 0.3 is 12.1 Å². The second-order valence-corrected chi connectivity index (χ2v) is 11.8. The molecule has 3 aromatic heterocycles. The lowest BCUT2D eigenvalue weighted by molar-refractivity contribution is -0.125. The van der Waals surface area contributed by atoms with Gasteiger partial charge in [-0.2, -0.15) is 0 Å². The minimum absolute atomic E-state index is 0.0388. The van der Waals surface area contributed by atoms with Gasteiger partial charge in [-0.1, -0.05) is 40.5 Å². The molecule has 0 unspecified atom stereocenters. The Balaban J connectivity index is 1.76. The van der Waals surface area contributed by atoms with Gasteiger partial charge in [0.05, 0.1) is 13.7 Å². The molecule has 46 heavy (non-hydrogen) atoms. The molecule has 0 spiro atoms. The number of nitrogens with zero attached hydrogens (tertiary/aromatic N) is 3. The van der Waals surface area contributed by atoms with Crippen molar-refractivity contribution >= 4 is 23.9 Å². The third kappa shape index (κ3) is 9.15. The highest BCUT2D eigenvalue weighted by Crippen LogP contribution is 2.28. The predicted octanol–water partition coefficient (Wildman–Crippen LogP) is 3.71. The largest absolute Gasteiger partial charge is 0.464 e. The molecule has 0 radical (unpaired) electrons. The van der Waals surface area contributed by atoms with Crippen molar-refractivity contribution < 1.29 is 47.0 Å². The number of rotatable bonds is 14. The number of nitrogens with one attached hydrogen (secondary N) is 3. The first-order chi connectivity index (χ1) is 21.7. The molecule has 3 rings (SSSR count). The second-order valence-electron chi connectivity index (χ2n) is 11.8. The Kier molecular flexibility index (Phi) is 12.1. The van der Waals surface area contributed by atoms with Gasteiger partial charge in [-0.3, -0.25) is 9.59 Å². The van der Waals surface area contributed by atoms with Crippen LogP contribution in [0.25, 0.3) is 11.6 Å². The smallest absolute Gasteiger partial charge is 0.408 e. The molecule has 0 fully saturated rings. The van der Waals surface area contributed by atoms with E-state index in [9.17, 15) is 24.3 Å². The van der Waals surface area contributed by atoms with E-state index in [1.165, 1.54) is 13.4 Å². The SMILES string of the molecule is CC[C@H](C)[C@H](NC(=O)OC(C)(C)C)C(=O)N[C@H](c1nc(-c2nc(C(=O)N[C@@H](CO)c3nc(C(=O)OC)co3)co2)co1)[C@@H](C)CC. The number of aliphatic hydroxyl groups is 1. The predicted molar refractivity (Wildman–Crippen MR) is 160 cm³/mol. The number of hydrogen-bond acceptors (Lipinski definition) is 13. The molecule has 3 aromatic rings. The molecule has 0 bridgehead atoms. The summed E-state index contributed by atoms with van der Waals surface area (Å²) in [5, 5.41) is 17.9. The highest BCUT2D eigenvalue weighted by molar-refractivity contribution is 5.92. The monoisotopic (exact) mass is 646 g/mol. The van der Waals surface area contributed by atoms with Crippen molar-refractivity contribution in [2.75, 3.05) is 13.7 Å². The van der Waals surface area contributed by atoms with E-state index >= 15 is 0 Å². The van der Waals surface area contributed by atoms with E-state index in [0.717, 1.165) is 12.5 Å². The average molecular weight is 647 g/mol. The lowest BCUT2D eigenvalue weighted by Gasteiger charge is -2.29. The molecule has 4 N–H and O–H groups in total. The average Bonchev–Trinajstić information content (AvgIpc) is 3.80. The van der Waals surface area contributed by atoms with Crippen molar-refractivity contribution in [3.05, 3.63) is 42.0 Å². The maximum Gasteiger partial charge on any atom is 0.408 e. The van der Waals surface area contributed by atoms with Gasteiger partial charge in [0.2, 0.25) is 23.6 Å². The standard InChI is InChI=1S/C30H42N6O10/c1-9-15(3)21(36-29(41)46-30(5,6)7)24(39)35-22(16(4)10-2)27-33-19(13-45-27)26-32-18(12-43-26)23(38)31-17(11-37)25-34-20(14-44-25)28(40)42-8/h12-17,21-22,37H,9-11H2,1-8H3,(H,31,38)(H,35,39)(H,36,41)/t15-,16-,17-,21-,22-/m0/s1. The Morgan fingerprint density at radius 3 is 2.13 bits per heavy atom.